The van der Waals surface area contributed by atoms with Crippen molar-refractivity contribution in [3.05, 3.63) is 33.8 Å². The molecule has 0 saturated carbocycles. The summed E-state index contributed by atoms with van der Waals surface area (Å²) < 4.78 is 26.6. The van der Waals surface area contributed by atoms with Gasteiger partial charge < -0.3 is 0 Å². The van der Waals surface area contributed by atoms with Crippen molar-refractivity contribution in [2.45, 2.75) is 6.42 Å². The van der Waals surface area contributed by atoms with E-state index in [1.807, 2.05) is 0 Å². The maximum absolute atomic E-state index is 13.1. The van der Waals surface area contributed by atoms with E-state index in [1.54, 1.807) is 0 Å². The molecule has 0 bridgehead atoms. The molecule has 0 spiro atoms. The van der Waals surface area contributed by atoms with E-state index in [0.717, 1.165) is 0 Å². The van der Waals surface area contributed by atoms with Crippen LogP contribution in [0.25, 0.3) is 0 Å². The van der Waals surface area contributed by atoms with Gasteiger partial charge in [0.15, 0.2) is 0 Å². The van der Waals surface area contributed by atoms with Crippen LogP contribution in [-0.2, 0) is 0 Å². The van der Waals surface area contributed by atoms with Crippen LogP contribution in [0.5, 0.6) is 0 Å². The van der Waals surface area contributed by atoms with Gasteiger partial charge in [0.05, 0.1) is 5.56 Å². The van der Waals surface area contributed by atoms with Crippen molar-refractivity contribution >= 4 is 27.5 Å². The lowest BCUT2D eigenvalue weighted by Gasteiger charge is -1.97. The molecule has 0 amide bonds. The molecule has 0 radical (unpaired) electrons. The van der Waals surface area contributed by atoms with Gasteiger partial charge in [-0.3, -0.25) is 0 Å². The fourth-order valence-corrected chi connectivity index (χ4v) is 1.36. The summed E-state index contributed by atoms with van der Waals surface area (Å²) in [7, 11) is 0. The lowest BCUT2D eigenvalue weighted by Crippen LogP contribution is -1.90. The first-order valence-electron chi connectivity index (χ1n) is 3.84. The Morgan fingerprint density at radius 3 is 2.36 bits per heavy atom. The molecule has 1 aromatic rings. The smallest absolute Gasteiger partial charge is 0.142 e. The van der Waals surface area contributed by atoms with Gasteiger partial charge in [0, 0.05) is 16.8 Å². The highest BCUT2D eigenvalue weighted by Gasteiger charge is 2.07. The first-order chi connectivity index (χ1) is 6.65. The normalized spacial score (nSPS) is 9.43. The number of alkyl halides is 1. The van der Waals surface area contributed by atoms with Crippen LogP contribution in [0.4, 0.5) is 8.78 Å². The van der Waals surface area contributed by atoms with Gasteiger partial charge in [-0.25, -0.2) is 8.78 Å². The average molecular weight is 280 g/mol. The summed E-state index contributed by atoms with van der Waals surface area (Å²) in [5, 5.41) is 0. The fourth-order valence-electron chi connectivity index (χ4n) is 0.860. The van der Waals surface area contributed by atoms with Gasteiger partial charge in [0.2, 0.25) is 0 Å². The Kier molecular flexibility index (Phi) is 4.37. The minimum absolute atomic E-state index is 0.210. The van der Waals surface area contributed by atoms with Gasteiger partial charge in [-0.1, -0.05) is 27.8 Å². The van der Waals surface area contributed by atoms with E-state index in [9.17, 15) is 8.78 Å². The van der Waals surface area contributed by atoms with E-state index in [2.05, 4.69) is 27.8 Å². The third-order valence-corrected chi connectivity index (χ3v) is 2.09. The van der Waals surface area contributed by atoms with Crippen molar-refractivity contribution < 1.29 is 8.78 Å². The Bertz CT molecular complexity index is 370. The fraction of sp³-hybridized carbons (Fsp3) is 0.200. The summed E-state index contributed by atoms with van der Waals surface area (Å²) in [5.41, 5.74) is -0.210. The van der Waals surface area contributed by atoms with Gasteiger partial charge in [0.25, 0.3) is 0 Å². The predicted octanol–water partition coefficient (Wildman–Crippen LogP) is 3.71. The molecule has 0 unspecified atom stereocenters. The Labute approximate surface area is 94.4 Å². The summed E-state index contributed by atoms with van der Waals surface area (Å²) >= 11 is 8.35. The van der Waals surface area contributed by atoms with E-state index in [4.69, 9.17) is 11.6 Å². The van der Waals surface area contributed by atoms with Crippen LogP contribution in [0.2, 0.25) is 0 Å². The molecule has 74 valence electrons. The van der Waals surface area contributed by atoms with Crippen molar-refractivity contribution in [1.82, 2.24) is 0 Å². The standard InChI is InChI=1S/C10H6BrClF2/c11-7-5-9(13)8(10(14)6-7)3-1-2-4-12/h5-6H,2,4H2. The van der Waals surface area contributed by atoms with Crippen LogP contribution in [0, 0.1) is 23.5 Å². The Balaban J connectivity index is 3.04. The molecule has 0 saturated heterocycles. The third kappa shape index (κ3) is 2.97. The van der Waals surface area contributed by atoms with E-state index in [0.29, 0.717) is 16.8 Å². The second-order valence-corrected chi connectivity index (χ2v) is 3.78. The summed E-state index contributed by atoms with van der Waals surface area (Å²) in [5.74, 6) is 4.00. The molecule has 1 rings (SSSR count). The minimum atomic E-state index is -0.668. The monoisotopic (exact) mass is 278 g/mol. The molecule has 0 N–H and O–H groups in total. The molecule has 0 aliphatic heterocycles. The average Bonchev–Trinajstić information content (AvgIpc) is 2.09. The van der Waals surface area contributed by atoms with Crippen LogP contribution < -0.4 is 0 Å². The summed E-state index contributed by atoms with van der Waals surface area (Å²) in [6.45, 7) is 0. The largest absolute Gasteiger partial charge is 0.205 e. The number of rotatable bonds is 1. The topological polar surface area (TPSA) is 0 Å². The molecule has 0 aromatic heterocycles. The molecule has 14 heavy (non-hydrogen) atoms. The zero-order valence-corrected chi connectivity index (χ0v) is 9.42. The second kappa shape index (κ2) is 5.33. The molecule has 0 nitrogen and oxygen atoms in total. The maximum atomic E-state index is 13.1. The van der Waals surface area contributed by atoms with Crippen molar-refractivity contribution in [3.8, 4) is 11.8 Å². The maximum Gasteiger partial charge on any atom is 0.142 e. The molecule has 1 aromatic carbocycles. The van der Waals surface area contributed by atoms with Gasteiger partial charge >= 0.3 is 0 Å². The van der Waals surface area contributed by atoms with Crippen LogP contribution in [0.3, 0.4) is 0 Å². The number of benzene rings is 1. The lowest BCUT2D eigenvalue weighted by molar-refractivity contribution is 0.576. The predicted molar refractivity (Wildman–Crippen MR) is 56.3 cm³/mol. The van der Waals surface area contributed by atoms with Crippen LogP contribution in [-0.4, -0.2) is 5.88 Å². The number of halogens is 4. The quantitative estimate of drug-likeness (QED) is 0.543. The summed E-state index contributed by atoms with van der Waals surface area (Å²) in [4.78, 5) is 0. The van der Waals surface area contributed by atoms with Crippen LogP contribution in [0.15, 0.2) is 16.6 Å². The van der Waals surface area contributed by atoms with E-state index in [1.165, 1.54) is 12.1 Å². The van der Waals surface area contributed by atoms with Crippen LogP contribution >= 0.6 is 27.5 Å². The molecule has 0 atom stereocenters. The zero-order chi connectivity index (χ0) is 10.6. The van der Waals surface area contributed by atoms with Gasteiger partial charge in [-0.15, -0.1) is 11.6 Å². The molecule has 4 heteroatoms. The lowest BCUT2D eigenvalue weighted by atomic mass is 10.2. The second-order valence-electron chi connectivity index (χ2n) is 2.49. The van der Waals surface area contributed by atoms with Crippen molar-refractivity contribution in [2.75, 3.05) is 5.88 Å². The molecular weight excluding hydrogens is 273 g/mol. The molecule has 0 aliphatic rings. The highest BCUT2D eigenvalue weighted by molar-refractivity contribution is 9.10. The van der Waals surface area contributed by atoms with Gasteiger partial charge in [-0.2, -0.15) is 0 Å². The van der Waals surface area contributed by atoms with E-state index < -0.39 is 11.6 Å². The first kappa shape index (κ1) is 11.5. The van der Waals surface area contributed by atoms with Crippen LogP contribution in [0.1, 0.15) is 12.0 Å². The van der Waals surface area contributed by atoms with Crippen molar-refractivity contribution in [2.24, 2.45) is 0 Å². The van der Waals surface area contributed by atoms with Gasteiger partial charge in [0.1, 0.15) is 11.6 Å². The number of hydrogen-bond acceptors (Lipinski definition) is 0. The van der Waals surface area contributed by atoms with E-state index in [-0.39, 0.29) is 5.56 Å². The van der Waals surface area contributed by atoms with Gasteiger partial charge in [-0.05, 0) is 12.1 Å². The zero-order valence-electron chi connectivity index (χ0n) is 7.08. The third-order valence-electron chi connectivity index (χ3n) is 1.44. The molecular formula is C10H6BrClF2. The SMILES string of the molecule is Fc1cc(Br)cc(F)c1C#CCCCl. The van der Waals surface area contributed by atoms with Crippen molar-refractivity contribution in [3.63, 3.8) is 0 Å². The highest BCUT2D eigenvalue weighted by atomic mass is 79.9. The van der Waals surface area contributed by atoms with E-state index >= 15 is 0 Å². The molecule has 0 fully saturated rings. The highest BCUT2D eigenvalue weighted by Crippen LogP contribution is 2.18. The summed E-state index contributed by atoms with van der Waals surface area (Å²) in [6, 6.07) is 2.35. The minimum Gasteiger partial charge on any atom is -0.205 e. The molecule has 0 aliphatic carbocycles. The van der Waals surface area contributed by atoms with Crippen molar-refractivity contribution in [1.29, 1.82) is 0 Å². The Morgan fingerprint density at radius 2 is 1.86 bits per heavy atom. The Hall–Kier alpha value is -0.590. The molecule has 0 heterocycles. The Morgan fingerprint density at radius 1 is 1.29 bits per heavy atom. The number of hydrogen-bond donors (Lipinski definition) is 0. The first-order valence-corrected chi connectivity index (χ1v) is 5.17. The summed E-state index contributed by atoms with van der Waals surface area (Å²) in [6.07, 6.45) is 0.413.